The maximum atomic E-state index is 12.6. The van der Waals surface area contributed by atoms with Gasteiger partial charge in [-0.25, -0.2) is 4.98 Å². The fourth-order valence-electron chi connectivity index (χ4n) is 2.91. The molecule has 0 bridgehead atoms. The molecule has 1 N–H and O–H groups in total. The quantitative estimate of drug-likeness (QED) is 0.374. The second kappa shape index (κ2) is 9.56. The van der Waals surface area contributed by atoms with Crippen molar-refractivity contribution in [2.45, 2.75) is 20.0 Å². The minimum atomic E-state index is -0.240. The van der Waals surface area contributed by atoms with E-state index in [0.717, 1.165) is 22.1 Å². The topological polar surface area (TPSA) is 60.5 Å². The summed E-state index contributed by atoms with van der Waals surface area (Å²) in [4.78, 5) is 16.9. The van der Waals surface area contributed by atoms with Crippen molar-refractivity contribution in [3.63, 3.8) is 0 Å². The van der Waals surface area contributed by atoms with Crippen molar-refractivity contribution in [2.24, 2.45) is 0 Å². The number of hydrogen-bond acceptors (Lipinski definition) is 4. The molecule has 5 heteroatoms. The van der Waals surface area contributed by atoms with Gasteiger partial charge >= 0.3 is 0 Å². The van der Waals surface area contributed by atoms with Gasteiger partial charge in [0.1, 0.15) is 17.3 Å². The molecule has 0 saturated heterocycles. The first-order valence-corrected chi connectivity index (χ1v) is 9.58. The highest BCUT2D eigenvalue weighted by Crippen LogP contribution is 2.24. The molecular formula is C25H24N2O3. The smallest absolute Gasteiger partial charge is 0.256 e. The molecule has 1 heterocycles. The van der Waals surface area contributed by atoms with Gasteiger partial charge in [0.2, 0.25) is 0 Å². The van der Waals surface area contributed by atoms with Crippen LogP contribution >= 0.6 is 0 Å². The molecule has 0 spiro atoms. The number of amides is 1. The number of anilines is 1. The Labute approximate surface area is 176 Å². The van der Waals surface area contributed by atoms with Gasteiger partial charge in [0.15, 0.2) is 0 Å². The monoisotopic (exact) mass is 400 g/mol. The highest BCUT2D eigenvalue weighted by Gasteiger charge is 2.09. The third-order valence-electron chi connectivity index (χ3n) is 4.22. The van der Waals surface area contributed by atoms with Gasteiger partial charge in [0.05, 0.1) is 12.4 Å². The lowest BCUT2D eigenvalue weighted by Crippen LogP contribution is -2.13. The van der Waals surface area contributed by atoms with Crippen LogP contribution in [0.3, 0.4) is 0 Å². The van der Waals surface area contributed by atoms with Crippen LogP contribution in [0, 0.1) is 0 Å². The van der Waals surface area contributed by atoms with Crippen LogP contribution in [0.2, 0.25) is 0 Å². The molecule has 2 aromatic carbocycles. The third kappa shape index (κ3) is 5.14. The molecule has 5 nitrogen and oxygen atoms in total. The molecule has 0 fully saturated rings. The number of nitrogens with one attached hydrogen (secondary N) is 1. The van der Waals surface area contributed by atoms with E-state index < -0.39 is 0 Å². The van der Waals surface area contributed by atoms with Crippen LogP contribution in [0.5, 0.6) is 5.75 Å². The molecular weight excluding hydrogens is 376 g/mol. The molecule has 0 aliphatic heterocycles. The highest BCUT2D eigenvalue weighted by molar-refractivity contribution is 6.04. The zero-order valence-corrected chi connectivity index (χ0v) is 17.1. The van der Waals surface area contributed by atoms with E-state index in [1.165, 1.54) is 6.26 Å². The number of carbonyl (C=O) groups excluding carboxylic acids is 1. The van der Waals surface area contributed by atoms with Crippen LogP contribution in [0.1, 0.15) is 29.8 Å². The van der Waals surface area contributed by atoms with Gasteiger partial charge in [0.25, 0.3) is 5.91 Å². The molecule has 30 heavy (non-hydrogen) atoms. The maximum absolute atomic E-state index is 12.6. The number of allylic oxidation sites excluding steroid dienone is 2. The molecule has 0 atom stereocenters. The second-order valence-electron chi connectivity index (χ2n) is 6.83. The molecule has 0 radical (unpaired) electrons. The van der Waals surface area contributed by atoms with Crippen molar-refractivity contribution >= 4 is 28.3 Å². The number of carbonyl (C=O) groups is 1. The Bertz CT molecular complexity index is 1100. The van der Waals surface area contributed by atoms with Gasteiger partial charge in [-0.15, -0.1) is 0 Å². The molecule has 0 saturated carbocycles. The van der Waals surface area contributed by atoms with Gasteiger partial charge in [-0.05, 0) is 61.7 Å². The minimum absolute atomic E-state index is 0.0788. The molecule has 0 aliphatic rings. The first-order valence-electron chi connectivity index (χ1n) is 9.58. The van der Waals surface area contributed by atoms with E-state index in [9.17, 15) is 4.79 Å². The maximum Gasteiger partial charge on any atom is 0.256 e. The van der Waals surface area contributed by atoms with E-state index in [0.29, 0.717) is 17.1 Å². The van der Waals surface area contributed by atoms with Gasteiger partial charge in [0, 0.05) is 22.7 Å². The Morgan fingerprint density at radius 1 is 1.03 bits per heavy atom. The number of benzene rings is 2. The standard InChI is InChI=1S/C25H24N2O3/c1-5-7-23(29-6-2)19-8-9-20-16-26-24(15-21(20)14-19)27-25(28)18-10-12-22(13-11-18)30-17(3)4/h5-17H,1-2H2,3-4H3,(H,26,27,28)/b23-7-. The minimum Gasteiger partial charge on any atom is -0.491 e. The lowest BCUT2D eigenvalue weighted by molar-refractivity contribution is 0.102. The van der Waals surface area contributed by atoms with Crippen LogP contribution in [0.4, 0.5) is 5.82 Å². The molecule has 0 unspecified atom stereocenters. The summed E-state index contributed by atoms with van der Waals surface area (Å²) < 4.78 is 11.1. The predicted octanol–water partition coefficient (Wildman–Crippen LogP) is 5.96. The largest absolute Gasteiger partial charge is 0.491 e. The van der Waals surface area contributed by atoms with Crippen molar-refractivity contribution in [1.29, 1.82) is 0 Å². The first kappa shape index (κ1) is 20.9. The Balaban J connectivity index is 1.82. The Morgan fingerprint density at radius 3 is 2.43 bits per heavy atom. The third-order valence-corrected chi connectivity index (χ3v) is 4.22. The molecule has 1 aromatic heterocycles. The van der Waals surface area contributed by atoms with Crippen LogP contribution in [-0.4, -0.2) is 17.0 Å². The van der Waals surface area contributed by atoms with Crippen LogP contribution in [0.25, 0.3) is 16.5 Å². The molecule has 152 valence electrons. The zero-order valence-electron chi connectivity index (χ0n) is 17.1. The summed E-state index contributed by atoms with van der Waals surface area (Å²) in [6.07, 6.45) is 6.59. The van der Waals surface area contributed by atoms with Crippen molar-refractivity contribution in [1.82, 2.24) is 4.98 Å². The summed E-state index contributed by atoms with van der Waals surface area (Å²) in [7, 11) is 0. The number of fused-ring (bicyclic) bond motifs is 1. The second-order valence-corrected chi connectivity index (χ2v) is 6.83. The summed E-state index contributed by atoms with van der Waals surface area (Å²) >= 11 is 0. The average molecular weight is 400 g/mol. The predicted molar refractivity (Wildman–Crippen MR) is 121 cm³/mol. The van der Waals surface area contributed by atoms with Gasteiger partial charge in [-0.1, -0.05) is 31.4 Å². The number of nitrogens with zero attached hydrogens (tertiary/aromatic N) is 1. The molecule has 1 amide bonds. The van der Waals surface area contributed by atoms with Crippen LogP contribution in [-0.2, 0) is 4.74 Å². The van der Waals surface area contributed by atoms with Crippen molar-refractivity contribution in [3.05, 3.63) is 97.4 Å². The number of pyridine rings is 1. The number of aromatic nitrogens is 1. The summed E-state index contributed by atoms with van der Waals surface area (Å²) in [5.74, 6) is 1.58. The number of ether oxygens (including phenoxy) is 2. The van der Waals surface area contributed by atoms with Crippen LogP contribution < -0.4 is 10.1 Å². The van der Waals surface area contributed by atoms with E-state index in [-0.39, 0.29) is 12.0 Å². The van der Waals surface area contributed by atoms with Gasteiger partial charge in [-0.3, -0.25) is 4.79 Å². The van der Waals surface area contributed by atoms with Crippen molar-refractivity contribution in [2.75, 3.05) is 5.32 Å². The average Bonchev–Trinajstić information content (AvgIpc) is 2.73. The first-order chi connectivity index (χ1) is 14.5. The summed E-state index contributed by atoms with van der Waals surface area (Å²) in [6, 6.07) is 14.7. The number of hydrogen-bond donors (Lipinski definition) is 1. The van der Waals surface area contributed by atoms with E-state index in [1.807, 2.05) is 38.1 Å². The fraction of sp³-hybridized carbons (Fsp3) is 0.120. The van der Waals surface area contributed by atoms with Crippen molar-refractivity contribution < 1.29 is 14.3 Å². The Kier molecular flexibility index (Phi) is 6.65. The highest BCUT2D eigenvalue weighted by atomic mass is 16.5. The summed E-state index contributed by atoms with van der Waals surface area (Å²) in [5.41, 5.74) is 1.39. The zero-order chi connectivity index (χ0) is 21.5. The lowest BCUT2D eigenvalue weighted by atomic mass is 10.1. The lowest BCUT2D eigenvalue weighted by Gasteiger charge is -2.11. The van der Waals surface area contributed by atoms with E-state index in [2.05, 4.69) is 23.5 Å². The number of rotatable bonds is 8. The normalized spacial score (nSPS) is 11.2. The molecule has 3 aromatic rings. The Hall–Kier alpha value is -3.86. The summed E-state index contributed by atoms with van der Waals surface area (Å²) in [6.45, 7) is 11.2. The molecule has 3 rings (SSSR count). The van der Waals surface area contributed by atoms with Crippen LogP contribution in [0.15, 0.2) is 86.3 Å². The van der Waals surface area contributed by atoms with Crippen molar-refractivity contribution in [3.8, 4) is 5.75 Å². The fourth-order valence-corrected chi connectivity index (χ4v) is 2.91. The van der Waals surface area contributed by atoms with Gasteiger partial charge in [-0.2, -0.15) is 0 Å². The van der Waals surface area contributed by atoms with E-state index in [4.69, 9.17) is 9.47 Å². The van der Waals surface area contributed by atoms with Gasteiger partial charge < -0.3 is 14.8 Å². The van der Waals surface area contributed by atoms with E-state index >= 15 is 0 Å². The summed E-state index contributed by atoms with van der Waals surface area (Å²) in [5, 5.41) is 4.71. The molecule has 0 aliphatic carbocycles. The SMILES string of the molecule is C=C/C=C(\OC=C)c1ccc2cnc(NC(=O)c3ccc(OC(C)C)cc3)cc2c1. The van der Waals surface area contributed by atoms with E-state index in [1.54, 1.807) is 42.6 Å². The Morgan fingerprint density at radius 2 is 1.77 bits per heavy atom.